The van der Waals surface area contributed by atoms with E-state index in [1.54, 1.807) is 0 Å². The molecular formula is C10H6F3NO. The monoisotopic (exact) mass is 213 g/mol. The van der Waals surface area contributed by atoms with Gasteiger partial charge in [-0.05, 0) is 11.6 Å². The predicted octanol–water partition coefficient (Wildman–Crippen LogP) is 2.20. The summed E-state index contributed by atoms with van der Waals surface area (Å²) >= 11 is 0. The van der Waals surface area contributed by atoms with Crippen LogP contribution in [0.15, 0.2) is 40.9 Å². The summed E-state index contributed by atoms with van der Waals surface area (Å²) < 4.78 is 37.6. The van der Waals surface area contributed by atoms with E-state index in [0.29, 0.717) is 5.57 Å². The van der Waals surface area contributed by atoms with Crippen LogP contribution in [0.3, 0.4) is 0 Å². The number of nitrogens with zero attached hydrogens (tertiary/aromatic N) is 1. The Labute approximate surface area is 83.5 Å². The molecule has 1 heterocycles. The van der Waals surface area contributed by atoms with Crippen LogP contribution in [0.5, 0.6) is 0 Å². The highest BCUT2D eigenvalue weighted by Crippen LogP contribution is 2.34. The Bertz CT molecular complexity index is 426. The van der Waals surface area contributed by atoms with Gasteiger partial charge in [0.05, 0.1) is 5.71 Å². The summed E-state index contributed by atoms with van der Waals surface area (Å²) in [5.41, 5.74) is 0.136. The first kappa shape index (κ1) is 9.89. The number of aliphatic imine (C=N–C) groups is 1. The molecule has 0 aromatic rings. The van der Waals surface area contributed by atoms with E-state index < -0.39 is 18.0 Å². The molecular weight excluding hydrogens is 207 g/mol. The molecule has 1 aliphatic heterocycles. The van der Waals surface area contributed by atoms with Crippen LogP contribution in [0.1, 0.15) is 0 Å². The molecule has 1 aliphatic carbocycles. The zero-order valence-corrected chi connectivity index (χ0v) is 7.45. The Morgan fingerprint density at radius 3 is 2.67 bits per heavy atom. The number of carbonyl (C=O) groups excluding carboxylic acids is 1. The van der Waals surface area contributed by atoms with Crippen LogP contribution in [0, 0.1) is 5.92 Å². The highest BCUT2D eigenvalue weighted by molar-refractivity contribution is 6.16. The summed E-state index contributed by atoms with van der Waals surface area (Å²) in [5.74, 6) is -2.42. The van der Waals surface area contributed by atoms with Crippen molar-refractivity contribution in [1.82, 2.24) is 0 Å². The first-order valence-electron chi connectivity index (χ1n) is 4.24. The third-order valence-electron chi connectivity index (χ3n) is 2.16. The molecule has 2 aliphatic rings. The Hall–Kier alpha value is -1.65. The lowest BCUT2D eigenvalue weighted by molar-refractivity contribution is -0.143. The fourth-order valence-corrected chi connectivity index (χ4v) is 1.48. The number of hydrogen-bond donors (Lipinski definition) is 0. The van der Waals surface area contributed by atoms with Gasteiger partial charge in [0, 0.05) is 6.08 Å². The normalized spacial score (nSPS) is 24.7. The molecule has 0 bridgehead atoms. The zero-order valence-electron chi connectivity index (χ0n) is 7.45. The maximum Gasteiger partial charge on any atom is 0.400 e. The molecule has 5 heteroatoms. The summed E-state index contributed by atoms with van der Waals surface area (Å²) in [5, 5.41) is 0. The van der Waals surface area contributed by atoms with Crippen molar-refractivity contribution in [2.75, 3.05) is 0 Å². The lowest BCUT2D eigenvalue weighted by atomic mass is 9.89. The third-order valence-corrected chi connectivity index (χ3v) is 2.16. The number of hydrogen-bond acceptors (Lipinski definition) is 1. The molecule has 1 amide bonds. The fourth-order valence-electron chi connectivity index (χ4n) is 1.48. The smallest absolute Gasteiger partial charge is 0.267 e. The lowest BCUT2D eigenvalue weighted by Crippen LogP contribution is -2.32. The van der Waals surface area contributed by atoms with Crippen molar-refractivity contribution < 1.29 is 18.0 Å². The van der Waals surface area contributed by atoms with Gasteiger partial charge >= 0.3 is 6.18 Å². The minimum atomic E-state index is -4.40. The molecule has 1 unspecified atom stereocenters. The van der Waals surface area contributed by atoms with E-state index in [9.17, 15) is 18.0 Å². The topological polar surface area (TPSA) is 29.4 Å². The summed E-state index contributed by atoms with van der Waals surface area (Å²) in [6.07, 6.45) is 1.93. The predicted molar refractivity (Wildman–Crippen MR) is 48.3 cm³/mol. The Balaban J connectivity index is 2.44. The summed E-state index contributed by atoms with van der Waals surface area (Å²) in [6.45, 7) is 0. The molecule has 0 aromatic heterocycles. The van der Waals surface area contributed by atoms with Crippen LogP contribution in [0.4, 0.5) is 13.2 Å². The fraction of sp³-hybridized carbons (Fsp3) is 0.200. The highest BCUT2D eigenvalue weighted by atomic mass is 19.4. The van der Waals surface area contributed by atoms with E-state index in [-0.39, 0.29) is 5.71 Å². The van der Waals surface area contributed by atoms with Crippen molar-refractivity contribution in [3.8, 4) is 0 Å². The molecule has 15 heavy (non-hydrogen) atoms. The van der Waals surface area contributed by atoms with E-state index in [1.165, 1.54) is 18.2 Å². The van der Waals surface area contributed by atoms with Crippen LogP contribution in [-0.2, 0) is 4.79 Å². The molecule has 78 valence electrons. The van der Waals surface area contributed by atoms with Gasteiger partial charge in [-0.1, -0.05) is 18.2 Å². The molecule has 0 spiro atoms. The van der Waals surface area contributed by atoms with Gasteiger partial charge in [0.2, 0.25) is 0 Å². The highest BCUT2D eigenvalue weighted by Gasteiger charge is 2.43. The molecule has 0 saturated heterocycles. The van der Waals surface area contributed by atoms with Gasteiger partial charge < -0.3 is 0 Å². The van der Waals surface area contributed by atoms with E-state index in [0.717, 1.165) is 12.2 Å². The Kier molecular flexibility index (Phi) is 2.10. The van der Waals surface area contributed by atoms with Crippen molar-refractivity contribution in [3.05, 3.63) is 36.0 Å². The maximum absolute atomic E-state index is 12.5. The number of alkyl halides is 3. The number of allylic oxidation sites excluding steroid dienone is 5. The van der Waals surface area contributed by atoms with Crippen molar-refractivity contribution >= 4 is 11.6 Å². The number of carbonyl (C=O) groups is 1. The summed E-state index contributed by atoms with van der Waals surface area (Å²) in [7, 11) is 0. The maximum atomic E-state index is 12.5. The van der Waals surface area contributed by atoms with E-state index in [2.05, 4.69) is 4.99 Å². The molecule has 0 saturated carbocycles. The van der Waals surface area contributed by atoms with Crippen LogP contribution in [0.2, 0.25) is 0 Å². The first-order valence-corrected chi connectivity index (χ1v) is 4.24. The van der Waals surface area contributed by atoms with Gasteiger partial charge in [0.15, 0.2) is 0 Å². The van der Waals surface area contributed by atoms with Crippen LogP contribution in [-0.4, -0.2) is 17.8 Å². The molecule has 1 atom stereocenters. The van der Waals surface area contributed by atoms with Gasteiger partial charge in [-0.25, -0.2) is 4.99 Å². The lowest BCUT2D eigenvalue weighted by Gasteiger charge is -2.23. The van der Waals surface area contributed by atoms with Gasteiger partial charge in [0.25, 0.3) is 5.91 Å². The van der Waals surface area contributed by atoms with Crippen LogP contribution < -0.4 is 0 Å². The summed E-state index contributed by atoms with van der Waals surface area (Å²) in [6, 6.07) is 0. The summed E-state index contributed by atoms with van der Waals surface area (Å²) in [4.78, 5) is 14.3. The quantitative estimate of drug-likeness (QED) is 0.606. The Morgan fingerprint density at radius 2 is 2.00 bits per heavy atom. The second kappa shape index (κ2) is 3.18. The SMILES string of the molecule is O=C1C=CC2=CC=CC(C(F)(F)F)C2=N1. The molecule has 0 aromatic carbocycles. The second-order valence-corrected chi connectivity index (χ2v) is 3.19. The Morgan fingerprint density at radius 1 is 1.27 bits per heavy atom. The van der Waals surface area contributed by atoms with E-state index in [4.69, 9.17) is 0 Å². The first-order chi connectivity index (χ1) is 6.98. The van der Waals surface area contributed by atoms with Gasteiger partial charge in [-0.3, -0.25) is 4.79 Å². The van der Waals surface area contributed by atoms with Crippen molar-refractivity contribution in [2.45, 2.75) is 6.18 Å². The molecule has 0 fully saturated rings. The van der Waals surface area contributed by atoms with Crippen LogP contribution in [0.25, 0.3) is 0 Å². The number of fused-ring (bicyclic) bond motifs is 1. The van der Waals surface area contributed by atoms with Crippen molar-refractivity contribution in [3.63, 3.8) is 0 Å². The van der Waals surface area contributed by atoms with Crippen molar-refractivity contribution in [2.24, 2.45) is 10.9 Å². The number of dihydropyridines is 1. The van der Waals surface area contributed by atoms with Crippen LogP contribution >= 0.6 is 0 Å². The molecule has 2 rings (SSSR count). The number of amides is 1. The second-order valence-electron chi connectivity index (χ2n) is 3.19. The molecule has 0 N–H and O–H groups in total. The average molecular weight is 213 g/mol. The average Bonchev–Trinajstić information content (AvgIpc) is 2.15. The molecule has 0 radical (unpaired) electrons. The minimum Gasteiger partial charge on any atom is -0.267 e. The van der Waals surface area contributed by atoms with Gasteiger partial charge in [-0.2, -0.15) is 13.2 Å². The standard InChI is InChI=1S/C10H6F3NO/c11-10(12,13)7-3-1-2-6-4-5-8(15)14-9(6)7/h1-5,7H. The number of halogens is 3. The minimum absolute atomic E-state index is 0.211. The van der Waals surface area contributed by atoms with Gasteiger partial charge in [0.1, 0.15) is 5.92 Å². The number of rotatable bonds is 0. The zero-order chi connectivity index (χ0) is 11.1. The van der Waals surface area contributed by atoms with Crippen molar-refractivity contribution in [1.29, 1.82) is 0 Å². The molecule has 2 nitrogen and oxygen atoms in total. The third kappa shape index (κ3) is 1.77. The largest absolute Gasteiger partial charge is 0.400 e. The van der Waals surface area contributed by atoms with Gasteiger partial charge in [-0.15, -0.1) is 0 Å². The van der Waals surface area contributed by atoms with E-state index >= 15 is 0 Å². The van der Waals surface area contributed by atoms with E-state index in [1.807, 2.05) is 0 Å².